The Morgan fingerprint density at radius 2 is 1.50 bits per heavy atom. The largest absolute Gasteiger partial charge is 0.379 e. The van der Waals surface area contributed by atoms with E-state index in [0.717, 1.165) is 39.4 Å². The number of nitrogens with zero attached hydrogens (tertiary/aromatic N) is 2. The summed E-state index contributed by atoms with van der Waals surface area (Å²) in [4.78, 5) is 5.18. The van der Waals surface area contributed by atoms with E-state index in [9.17, 15) is 0 Å². The quantitative estimate of drug-likeness (QED) is 0.854. The Hall–Kier alpha value is -1.42. The topological polar surface area (TPSA) is 15.7 Å². The van der Waals surface area contributed by atoms with Crippen molar-refractivity contribution < 1.29 is 4.74 Å². The van der Waals surface area contributed by atoms with E-state index in [-0.39, 0.29) is 0 Å². The molecule has 0 amide bonds. The average molecular weight is 324 g/mol. The molecule has 0 N–H and O–H groups in total. The first kappa shape index (κ1) is 16.1. The van der Waals surface area contributed by atoms with Crippen molar-refractivity contribution in [1.29, 1.82) is 0 Å². The van der Waals surface area contributed by atoms with Gasteiger partial charge in [-0.2, -0.15) is 0 Å². The van der Waals surface area contributed by atoms with Gasteiger partial charge in [0.05, 0.1) is 13.2 Å². The summed E-state index contributed by atoms with van der Waals surface area (Å²) in [6.45, 7) is 8.49. The van der Waals surface area contributed by atoms with Crippen molar-refractivity contribution in [3.63, 3.8) is 0 Å². The maximum Gasteiger partial charge on any atom is 0.0594 e. The van der Waals surface area contributed by atoms with Crippen molar-refractivity contribution in [2.75, 3.05) is 39.4 Å². The van der Waals surface area contributed by atoms with Crippen LogP contribution in [0.15, 0.2) is 36.4 Å². The van der Waals surface area contributed by atoms with Gasteiger partial charge in [0.25, 0.3) is 0 Å². The molecule has 2 heterocycles. The van der Waals surface area contributed by atoms with Gasteiger partial charge in [0, 0.05) is 26.2 Å². The molecule has 2 aromatic carbocycles. The fraction of sp³-hybridized carbons (Fsp3) is 0.524. The Bertz CT molecular complexity index is 673. The van der Waals surface area contributed by atoms with E-state index in [2.05, 4.69) is 46.2 Å². The fourth-order valence-electron chi connectivity index (χ4n) is 4.06. The third kappa shape index (κ3) is 3.64. The summed E-state index contributed by atoms with van der Waals surface area (Å²) in [7, 11) is 0. The first-order valence-corrected chi connectivity index (χ1v) is 9.42. The van der Waals surface area contributed by atoms with Crippen LogP contribution in [0.2, 0.25) is 0 Å². The number of piperidine rings is 1. The van der Waals surface area contributed by atoms with Crippen LogP contribution in [0.1, 0.15) is 30.4 Å². The zero-order valence-corrected chi connectivity index (χ0v) is 14.5. The molecular weight excluding hydrogens is 296 g/mol. The van der Waals surface area contributed by atoms with E-state index < -0.39 is 0 Å². The molecule has 0 aromatic heterocycles. The Morgan fingerprint density at radius 3 is 2.33 bits per heavy atom. The molecule has 2 fully saturated rings. The number of likely N-dealkylation sites (tertiary alicyclic amines) is 1. The third-order valence-corrected chi connectivity index (χ3v) is 5.47. The second kappa shape index (κ2) is 7.64. The standard InChI is InChI=1S/C21H28N2O/c1-4-10-22(11-5-1)16-19-9-8-18-6-2-3-7-20(18)21(19)17-23-12-14-24-15-13-23/h2-3,6-9H,1,4-5,10-17H2. The Morgan fingerprint density at radius 1 is 0.750 bits per heavy atom. The van der Waals surface area contributed by atoms with Crippen molar-refractivity contribution >= 4 is 10.8 Å². The number of morpholine rings is 1. The normalized spacial score (nSPS) is 20.5. The van der Waals surface area contributed by atoms with E-state index in [0.29, 0.717) is 0 Å². The highest BCUT2D eigenvalue weighted by molar-refractivity contribution is 5.86. The van der Waals surface area contributed by atoms with Gasteiger partial charge in [-0.1, -0.05) is 42.8 Å². The molecule has 2 saturated heterocycles. The van der Waals surface area contributed by atoms with Crippen LogP contribution in [0.3, 0.4) is 0 Å². The Kier molecular flexibility index (Phi) is 5.12. The zero-order valence-electron chi connectivity index (χ0n) is 14.5. The second-order valence-corrected chi connectivity index (χ2v) is 7.15. The van der Waals surface area contributed by atoms with E-state index in [1.165, 1.54) is 54.3 Å². The van der Waals surface area contributed by atoms with Crippen LogP contribution in [-0.4, -0.2) is 49.2 Å². The summed E-state index contributed by atoms with van der Waals surface area (Å²) in [5, 5.41) is 2.79. The SMILES string of the molecule is c1ccc2c(CN3CCOCC3)c(CN3CCCCC3)ccc2c1. The minimum atomic E-state index is 0.867. The first-order chi connectivity index (χ1) is 11.9. The van der Waals surface area contributed by atoms with Crippen LogP contribution in [0.5, 0.6) is 0 Å². The Labute approximate surface area is 145 Å². The molecule has 128 valence electrons. The smallest absolute Gasteiger partial charge is 0.0594 e. The van der Waals surface area contributed by atoms with Gasteiger partial charge in [-0.3, -0.25) is 9.80 Å². The van der Waals surface area contributed by atoms with Crippen LogP contribution >= 0.6 is 0 Å². The van der Waals surface area contributed by atoms with Gasteiger partial charge < -0.3 is 4.74 Å². The summed E-state index contributed by atoms with van der Waals surface area (Å²) >= 11 is 0. The van der Waals surface area contributed by atoms with Crippen molar-refractivity contribution in [1.82, 2.24) is 9.80 Å². The van der Waals surface area contributed by atoms with Crippen LogP contribution in [0.4, 0.5) is 0 Å². The lowest BCUT2D eigenvalue weighted by atomic mass is 9.97. The number of ether oxygens (including phenoxy) is 1. The molecule has 0 bridgehead atoms. The third-order valence-electron chi connectivity index (χ3n) is 5.47. The second-order valence-electron chi connectivity index (χ2n) is 7.15. The van der Waals surface area contributed by atoms with Crippen LogP contribution in [-0.2, 0) is 17.8 Å². The van der Waals surface area contributed by atoms with Gasteiger partial charge in [0.2, 0.25) is 0 Å². The molecule has 0 aliphatic carbocycles. The number of rotatable bonds is 4. The van der Waals surface area contributed by atoms with Crippen molar-refractivity contribution in [3.05, 3.63) is 47.5 Å². The van der Waals surface area contributed by atoms with Gasteiger partial charge in [0.1, 0.15) is 0 Å². The molecule has 0 saturated carbocycles. The molecule has 0 atom stereocenters. The lowest BCUT2D eigenvalue weighted by Gasteiger charge is -2.30. The zero-order chi connectivity index (χ0) is 16.2. The fourth-order valence-corrected chi connectivity index (χ4v) is 4.06. The molecule has 2 aliphatic rings. The van der Waals surface area contributed by atoms with Gasteiger partial charge in [-0.25, -0.2) is 0 Å². The van der Waals surface area contributed by atoms with E-state index in [1.54, 1.807) is 0 Å². The summed E-state index contributed by atoms with van der Waals surface area (Å²) in [6, 6.07) is 13.5. The first-order valence-electron chi connectivity index (χ1n) is 9.42. The maximum atomic E-state index is 5.53. The molecule has 0 spiro atoms. The summed E-state index contributed by atoms with van der Waals surface area (Å²) in [5.74, 6) is 0. The highest BCUT2D eigenvalue weighted by Gasteiger charge is 2.17. The summed E-state index contributed by atoms with van der Waals surface area (Å²) < 4.78 is 5.53. The molecule has 0 unspecified atom stereocenters. The van der Waals surface area contributed by atoms with E-state index >= 15 is 0 Å². The molecule has 3 heteroatoms. The van der Waals surface area contributed by atoms with Crippen LogP contribution in [0.25, 0.3) is 10.8 Å². The predicted molar refractivity (Wildman–Crippen MR) is 99.2 cm³/mol. The molecule has 3 nitrogen and oxygen atoms in total. The number of benzene rings is 2. The van der Waals surface area contributed by atoms with Crippen molar-refractivity contribution in [2.24, 2.45) is 0 Å². The molecule has 2 aromatic rings. The van der Waals surface area contributed by atoms with E-state index in [1.807, 2.05) is 0 Å². The van der Waals surface area contributed by atoms with Crippen LogP contribution < -0.4 is 0 Å². The van der Waals surface area contributed by atoms with Gasteiger partial charge in [0.15, 0.2) is 0 Å². The van der Waals surface area contributed by atoms with Crippen molar-refractivity contribution in [2.45, 2.75) is 32.4 Å². The average Bonchev–Trinajstić information content (AvgIpc) is 2.65. The van der Waals surface area contributed by atoms with E-state index in [4.69, 9.17) is 4.74 Å². The number of fused-ring (bicyclic) bond motifs is 1. The lowest BCUT2D eigenvalue weighted by molar-refractivity contribution is 0.0341. The summed E-state index contributed by atoms with van der Waals surface area (Å²) in [5.41, 5.74) is 3.04. The molecule has 4 rings (SSSR count). The predicted octanol–water partition coefficient (Wildman–Crippen LogP) is 3.66. The minimum Gasteiger partial charge on any atom is -0.379 e. The summed E-state index contributed by atoms with van der Waals surface area (Å²) in [6.07, 6.45) is 4.10. The molecular formula is C21H28N2O. The highest BCUT2D eigenvalue weighted by atomic mass is 16.5. The maximum absolute atomic E-state index is 5.53. The van der Waals surface area contributed by atoms with Gasteiger partial charge >= 0.3 is 0 Å². The number of hydrogen-bond acceptors (Lipinski definition) is 3. The van der Waals surface area contributed by atoms with Crippen molar-refractivity contribution in [3.8, 4) is 0 Å². The van der Waals surface area contributed by atoms with Gasteiger partial charge in [-0.05, 0) is 47.8 Å². The monoisotopic (exact) mass is 324 g/mol. The molecule has 0 radical (unpaired) electrons. The number of hydrogen-bond donors (Lipinski definition) is 0. The molecule has 2 aliphatic heterocycles. The Balaban J connectivity index is 1.64. The van der Waals surface area contributed by atoms with Gasteiger partial charge in [-0.15, -0.1) is 0 Å². The van der Waals surface area contributed by atoms with Crippen LogP contribution in [0, 0.1) is 0 Å². The molecule has 24 heavy (non-hydrogen) atoms. The lowest BCUT2D eigenvalue weighted by Crippen LogP contribution is -2.36. The highest BCUT2D eigenvalue weighted by Crippen LogP contribution is 2.26. The minimum absolute atomic E-state index is 0.867.